The number of hydrogen-bond acceptors (Lipinski definition) is 3. The van der Waals surface area contributed by atoms with Crippen molar-refractivity contribution in [1.29, 1.82) is 0 Å². The van der Waals surface area contributed by atoms with Gasteiger partial charge in [0.05, 0.1) is 6.61 Å². The number of aryl methyl sites for hydroxylation is 1. The number of Topliss-reactive ketones (excluding diaryl/α,β-unsaturated/α-hetero) is 1. The Hall–Kier alpha value is -1.35. The Morgan fingerprint density at radius 2 is 2.12 bits per heavy atom. The molecule has 0 bridgehead atoms. The lowest BCUT2D eigenvalue weighted by molar-refractivity contribution is 0.0993. The first-order valence-corrected chi connectivity index (χ1v) is 5.68. The van der Waals surface area contributed by atoms with Gasteiger partial charge in [-0.1, -0.05) is 6.07 Å². The van der Waals surface area contributed by atoms with E-state index in [-0.39, 0.29) is 5.78 Å². The Kier molecular flexibility index (Phi) is 3.57. The van der Waals surface area contributed by atoms with Gasteiger partial charge in [0.2, 0.25) is 0 Å². The molecule has 0 radical (unpaired) electrons. The summed E-state index contributed by atoms with van der Waals surface area (Å²) in [4.78, 5) is 11.5. The molecule has 1 aliphatic rings. The first kappa shape index (κ1) is 11.1. The van der Waals surface area contributed by atoms with E-state index in [9.17, 15) is 4.79 Å². The maximum absolute atomic E-state index is 11.5. The number of carbonyl (C=O) groups is 1. The smallest absolute Gasteiger partial charge is 0.163 e. The zero-order valence-corrected chi connectivity index (χ0v) is 9.49. The minimum absolute atomic E-state index is 0.227. The van der Waals surface area contributed by atoms with Crippen LogP contribution >= 0.6 is 0 Å². The average molecular weight is 220 g/mol. The van der Waals surface area contributed by atoms with Gasteiger partial charge >= 0.3 is 0 Å². The SMILES string of the molecule is CCOCCOc1ccc2c(c1)C(=O)CC2. The first-order valence-electron chi connectivity index (χ1n) is 5.68. The van der Waals surface area contributed by atoms with E-state index >= 15 is 0 Å². The monoisotopic (exact) mass is 220 g/mol. The van der Waals surface area contributed by atoms with Gasteiger partial charge in [0.1, 0.15) is 12.4 Å². The van der Waals surface area contributed by atoms with Gasteiger partial charge in [-0.3, -0.25) is 4.79 Å². The molecule has 86 valence electrons. The number of fused-ring (bicyclic) bond motifs is 1. The summed E-state index contributed by atoms with van der Waals surface area (Å²) in [5.41, 5.74) is 1.97. The fourth-order valence-corrected chi connectivity index (χ4v) is 1.87. The summed E-state index contributed by atoms with van der Waals surface area (Å²) in [6.45, 7) is 3.77. The minimum atomic E-state index is 0.227. The summed E-state index contributed by atoms with van der Waals surface area (Å²) in [6, 6.07) is 5.75. The van der Waals surface area contributed by atoms with E-state index in [1.54, 1.807) is 0 Å². The van der Waals surface area contributed by atoms with Crippen LogP contribution in [-0.2, 0) is 11.2 Å². The summed E-state index contributed by atoms with van der Waals surface area (Å²) in [6.07, 6.45) is 1.51. The van der Waals surface area contributed by atoms with Crippen molar-refractivity contribution in [3.63, 3.8) is 0 Å². The minimum Gasteiger partial charge on any atom is -0.491 e. The second kappa shape index (κ2) is 5.12. The molecule has 3 nitrogen and oxygen atoms in total. The zero-order chi connectivity index (χ0) is 11.4. The standard InChI is InChI=1S/C13H16O3/c1-2-15-7-8-16-11-5-3-10-4-6-13(14)12(10)9-11/h3,5,9H,2,4,6-8H2,1H3. The molecule has 0 saturated heterocycles. The number of benzene rings is 1. The molecule has 0 spiro atoms. The molecular formula is C13H16O3. The molecule has 0 N–H and O–H groups in total. The van der Waals surface area contributed by atoms with Crippen molar-refractivity contribution in [1.82, 2.24) is 0 Å². The molecule has 1 aromatic rings. The van der Waals surface area contributed by atoms with Crippen molar-refractivity contribution in [3.8, 4) is 5.75 Å². The van der Waals surface area contributed by atoms with Gasteiger partial charge in [-0.25, -0.2) is 0 Å². The number of carbonyl (C=O) groups excluding carboxylic acids is 1. The van der Waals surface area contributed by atoms with Gasteiger partial charge in [0.15, 0.2) is 5.78 Å². The van der Waals surface area contributed by atoms with E-state index in [1.807, 2.05) is 25.1 Å². The quantitative estimate of drug-likeness (QED) is 0.714. The molecule has 0 unspecified atom stereocenters. The molecule has 3 heteroatoms. The van der Waals surface area contributed by atoms with Crippen LogP contribution in [0.2, 0.25) is 0 Å². The molecule has 1 aliphatic carbocycles. The van der Waals surface area contributed by atoms with Crippen molar-refractivity contribution in [2.45, 2.75) is 19.8 Å². The third-order valence-electron chi connectivity index (χ3n) is 2.70. The van der Waals surface area contributed by atoms with Crippen LogP contribution in [0.5, 0.6) is 5.75 Å². The highest BCUT2D eigenvalue weighted by Gasteiger charge is 2.19. The Morgan fingerprint density at radius 1 is 1.25 bits per heavy atom. The molecule has 1 aromatic carbocycles. The van der Waals surface area contributed by atoms with E-state index in [1.165, 1.54) is 0 Å². The summed E-state index contributed by atoms with van der Waals surface area (Å²) in [5.74, 6) is 0.985. The topological polar surface area (TPSA) is 35.5 Å². The Morgan fingerprint density at radius 3 is 2.94 bits per heavy atom. The zero-order valence-electron chi connectivity index (χ0n) is 9.49. The second-order valence-electron chi connectivity index (χ2n) is 3.79. The molecule has 0 aromatic heterocycles. The largest absolute Gasteiger partial charge is 0.491 e. The lowest BCUT2D eigenvalue weighted by atomic mass is 10.1. The number of ether oxygens (including phenoxy) is 2. The van der Waals surface area contributed by atoms with Crippen LogP contribution in [0, 0.1) is 0 Å². The van der Waals surface area contributed by atoms with Crippen LogP contribution in [0.25, 0.3) is 0 Å². The van der Waals surface area contributed by atoms with Crippen molar-refractivity contribution >= 4 is 5.78 Å². The number of hydrogen-bond donors (Lipinski definition) is 0. The van der Waals surface area contributed by atoms with Crippen LogP contribution < -0.4 is 4.74 Å². The van der Waals surface area contributed by atoms with Crippen LogP contribution in [0.4, 0.5) is 0 Å². The van der Waals surface area contributed by atoms with Crippen LogP contribution in [0.1, 0.15) is 29.3 Å². The maximum Gasteiger partial charge on any atom is 0.163 e. The van der Waals surface area contributed by atoms with Crippen LogP contribution in [0.3, 0.4) is 0 Å². The van der Waals surface area contributed by atoms with Gasteiger partial charge < -0.3 is 9.47 Å². The average Bonchev–Trinajstić information content (AvgIpc) is 2.67. The van der Waals surface area contributed by atoms with Crippen molar-refractivity contribution in [2.24, 2.45) is 0 Å². The summed E-state index contributed by atoms with van der Waals surface area (Å²) in [7, 11) is 0. The Balaban J connectivity index is 1.96. The van der Waals surface area contributed by atoms with Crippen LogP contribution in [-0.4, -0.2) is 25.6 Å². The number of ketones is 1. The van der Waals surface area contributed by atoms with Crippen molar-refractivity contribution in [3.05, 3.63) is 29.3 Å². The Labute approximate surface area is 95.4 Å². The van der Waals surface area contributed by atoms with Gasteiger partial charge in [-0.05, 0) is 31.0 Å². The van der Waals surface area contributed by atoms with E-state index in [4.69, 9.17) is 9.47 Å². The van der Waals surface area contributed by atoms with Crippen molar-refractivity contribution < 1.29 is 14.3 Å². The van der Waals surface area contributed by atoms with Gasteiger partial charge in [-0.15, -0.1) is 0 Å². The fourth-order valence-electron chi connectivity index (χ4n) is 1.87. The molecule has 0 amide bonds. The first-order chi connectivity index (χ1) is 7.81. The fraction of sp³-hybridized carbons (Fsp3) is 0.462. The van der Waals surface area contributed by atoms with Crippen LogP contribution in [0.15, 0.2) is 18.2 Å². The third-order valence-corrected chi connectivity index (χ3v) is 2.70. The van der Waals surface area contributed by atoms with Gasteiger partial charge in [0, 0.05) is 18.6 Å². The van der Waals surface area contributed by atoms with E-state index in [0.29, 0.717) is 26.2 Å². The second-order valence-corrected chi connectivity index (χ2v) is 3.79. The molecule has 0 fully saturated rings. The summed E-state index contributed by atoms with van der Waals surface area (Å²) < 4.78 is 10.7. The molecule has 0 atom stereocenters. The summed E-state index contributed by atoms with van der Waals surface area (Å²) >= 11 is 0. The van der Waals surface area contributed by atoms with Gasteiger partial charge in [0.25, 0.3) is 0 Å². The Bertz CT molecular complexity index is 385. The third kappa shape index (κ3) is 2.42. The predicted molar refractivity (Wildman–Crippen MR) is 61.1 cm³/mol. The van der Waals surface area contributed by atoms with E-state index in [2.05, 4.69) is 0 Å². The lowest BCUT2D eigenvalue weighted by Gasteiger charge is -2.07. The maximum atomic E-state index is 11.5. The number of rotatable bonds is 5. The molecule has 0 saturated carbocycles. The predicted octanol–water partition coefficient (Wildman–Crippen LogP) is 2.23. The molecule has 0 aliphatic heterocycles. The van der Waals surface area contributed by atoms with Crippen molar-refractivity contribution in [2.75, 3.05) is 19.8 Å². The van der Waals surface area contributed by atoms with E-state index < -0.39 is 0 Å². The van der Waals surface area contributed by atoms with E-state index in [0.717, 1.165) is 23.3 Å². The molecule has 0 heterocycles. The van der Waals surface area contributed by atoms with Gasteiger partial charge in [-0.2, -0.15) is 0 Å². The molecule has 16 heavy (non-hydrogen) atoms. The summed E-state index contributed by atoms with van der Waals surface area (Å²) in [5, 5.41) is 0. The highest BCUT2D eigenvalue weighted by molar-refractivity contribution is 6.00. The normalized spacial score (nSPS) is 13.9. The molecule has 2 rings (SSSR count). The highest BCUT2D eigenvalue weighted by Crippen LogP contribution is 2.25. The molecular weight excluding hydrogens is 204 g/mol. The lowest BCUT2D eigenvalue weighted by Crippen LogP contribution is -2.06. The highest BCUT2D eigenvalue weighted by atomic mass is 16.5.